The molecule has 1 aromatic rings. The Hall–Kier alpha value is -1.51. The lowest BCUT2D eigenvalue weighted by atomic mass is 10.2. The van der Waals surface area contributed by atoms with E-state index in [-0.39, 0.29) is 36.5 Å². The largest absolute Gasteiger partial charge is 0.573 e. The molecule has 0 saturated carbocycles. The molecule has 1 unspecified atom stereocenters. The summed E-state index contributed by atoms with van der Waals surface area (Å²) in [6.07, 6.45) is -4.49. The summed E-state index contributed by atoms with van der Waals surface area (Å²) in [5.41, 5.74) is 0.409. The van der Waals surface area contributed by atoms with Gasteiger partial charge in [0, 0.05) is 24.7 Å². The first kappa shape index (κ1) is 18.5. The molecule has 1 aliphatic rings. The molecular weight excluding hydrogens is 325 g/mol. The van der Waals surface area contributed by atoms with E-state index in [0.29, 0.717) is 25.4 Å². The molecule has 0 radical (unpaired) electrons. The number of carbonyl (C=O) groups excluding carboxylic acids is 1. The number of nitrogens with one attached hydrogen (secondary N) is 2. The second kappa shape index (κ2) is 8.21. The van der Waals surface area contributed by atoms with E-state index in [0.717, 1.165) is 12.1 Å². The van der Waals surface area contributed by atoms with Crippen molar-refractivity contribution in [1.82, 2.24) is 5.32 Å². The average molecular weight is 341 g/mol. The van der Waals surface area contributed by atoms with Gasteiger partial charge in [-0.25, -0.2) is 0 Å². The van der Waals surface area contributed by atoms with Crippen molar-refractivity contribution in [3.63, 3.8) is 0 Å². The van der Waals surface area contributed by atoms with E-state index in [9.17, 15) is 18.0 Å². The first-order chi connectivity index (χ1) is 9.92. The van der Waals surface area contributed by atoms with Gasteiger partial charge in [-0.1, -0.05) is 0 Å². The number of anilines is 1. The Labute approximate surface area is 131 Å². The molecule has 2 rings (SSSR count). The Kier molecular flexibility index (Phi) is 6.92. The van der Waals surface area contributed by atoms with E-state index in [2.05, 4.69) is 15.4 Å². The van der Waals surface area contributed by atoms with Crippen LogP contribution in [0.2, 0.25) is 0 Å². The van der Waals surface area contributed by atoms with Crippen molar-refractivity contribution in [2.75, 3.05) is 25.1 Å². The zero-order chi connectivity index (χ0) is 15.3. The fraction of sp³-hybridized carbons (Fsp3) is 0.462. The van der Waals surface area contributed by atoms with Gasteiger partial charge in [-0.2, -0.15) is 0 Å². The summed E-state index contributed by atoms with van der Waals surface area (Å²) < 4.78 is 45.0. The molecule has 1 saturated heterocycles. The summed E-state index contributed by atoms with van der Waals surface area (Å²) in [6, 6.07) is 4.94. The molecule has 9 heteroatoms. The van der Waals surface area contributed by atoms with Crippen molar-refractivity contribution in [2.24, 2.45) is 0 Å². The number of rotatable bonds is 4. The zero-order valence-corrected chi connectivity index (χ0v) is 12.3. The van der Waals surface area contributed by atoms with Gasteiger partial charge in [0.15, 0.2) is 0 Å². The van der Waals surface area contributed by atoms with Crippen molar-refractivity contribution < 1.29 is 27.4 Å². The van der Waals surface area contributed by atoms with Crippen LogP contribution in [0.25, 0.3) is 0 Å². The predicted molar refractivity (Wildman–Crippen MR) is 76.2 cm³/mol. The Balaban J connectivity index is 0.00000242. The summed E-state index contributed by atoms with van der Waals surface area (Å²) in [6.45, 7) is 1.78. The van der Waals surface area contributed by atoms with Crippen LogP contribution in [-0.2, 0) is 9.53 Å². The second-order valence-electron chi connectivity index (χ2n) is 4.55. The summed E-state index contributed by atoms with van der Waals surface area (Å²) in [5, 5.41) is 5.75. The molecule has 1 aromatic carbocycles. The van der Waals surface area contributed by atoms with Gasteiger partial charge in [0.25, 0.3) is 0 Å². The minimum Gasteiger partial charge on any atom is -0.406 e. The van der Waals surface area contributed by atoms with E-state index in [4.69, 9.17) is 4.74 Å². The van der Waals surface area contributed by atoms with Crippen LogP contribution in [0.1, 0.15) is 6.42 Å². The standard InChI is InChI=1S/C13H15F3N2O3.ClH/c14-13(15,16)21-11-3-1-9(2-4-11)18-12(19)7-10-8-20-6-5-17-10;/h1-4,10,17H,5-8H2,(H,18,19);1H. The highest BCUT2D eigenvalue weighted by molar-refractivity contribution is 5.91. The first-order valence-electron chi connectivity index (χ1n) is 6.39. The van der Waals surface area contributed by atoms with Crippen LogP contribution in [0.15, 0.2) is 24.3 Å². The molecule has 1 aliphatic heterocycles. The predicted octanol–water partition coefficient (Wildman–Crippen LogP) is 2.32. The van der Waals surface area contributed by atoms with Crippen molar-refractivity contribution in [3.8, 4) is 5.75 Å². The third kappa shape index (κ3) is 6.50. The maximum Gasteiger partial charge on any atom is 0.573 e. The van der Waals surface area contributed by atoms with Crippen LogP contribution in [0.3, 0.4) is 0 Å². The Morgan fingerprint density at radius 3 is 2.59 bits per heavy atom. The van der Waals surface area contributed by atoms with Crippen LogP contribution >= 0.6 is 12.4 Å². The maximum atomic E-state index is 12.0. The molecule has 22 heavy (non-hydrogen) atoms. The van der Waals surface area contributed by atoms with E-state index in [1.54, 1.807) is 0 Å². The van der Waals surface area contributed by atoms with Crippen molar-refractivity contribution in [3.05, 3.63) is 24.3 Å². The Morgan fingerprint density at radius 1 is 1.36 bits per heavy atom. The van der Waals surface area contributed by atoms with Gasteiger partial charge in [-0.05, 0) is 24.3 Å². The molecule has 0 aliphatic carbocycles. The monoisotopic (exact) mass is 340 g/mol. The Morgan fingerprint density at radius 2 is 2.05 bits per heavy atom. The van der Waals surface area contributed by atoms with Crippen molar-refractivity contribution in [1.29, 1.82) is 0 Å². The van der Waals surface area contributed by atoms with E-state index in [1.807, 2.05) is 0 Å². The number of ether oxygens (including phenoxy) is 2. The highest BCUT2D eigenvalue weighted by atomic mass is 35.5. The molecule has 1 atom stereocenters. The average Bonchev–Trinajstić information content (AvgIpc) is 2.40. The SMILES string of the molecule is Cl.O=C(CC1COCCN1)Nc1ccc(OC(F)(F)F)cc1. The lowest BCUT2D eigenvalue weighted by Gasteiger charge is -2.23. The van der Waals surface area contributed by atoms with Crippen LogP contribution in [0.4, 0.5) is 18.9 Å². The van der Waals surface area contributed by atoms with Crippen molar-refractivity contribution >= 4 is 24.0 Å². The third-order valence-corrected chi connectivity index (χ3v) is 2.80. The van der Waals surface area contributed by atoms with Crippen LogP contribution in [0.5, 0.6) is 5.75 Å². The summed E-state index contributed by atoms with van der Waals surface area (Å²) >= 11 is 0. The number of hydrogen-bond donors (Lipinski definition) is 2. The van der Waals surface area contributed by atoms with E-state index < -0.39 is 6.36 Å². The van der Waals surface area contributed by atoms with Gasteiger partial charge in [-0.3, -0.25) is 4.79 Å². The van der Waals surface area contributed by atoms with Crippen LogP contribution in [0, 0.1) is 0 Å². The first-order valence-corrected chi connectivity index (χ1v) is 6.39. The van der Waals surface area contributed by atoms with Gasteiger partial charge in [0.2, 0.25) is 5.91 Å². The highest BCUT2D eigenvalue weighted by Gasteiger charge is 2.30. The fourth-order valence-corrected chi connectivity index (χ4v) is 1.93. The fourth-order valence-electron chi connectivity index (χ4n) is 1.93. The van der Waals surface area contributed by atoms with Gasteiger partial charge < -0.3 is 20.1 Å². The van der Waals surface area contributed by atoms with Crippen LogP contribution < -0.4 is 15.4 Å². The zero-order valence-electron chi connectivity index (χ0n) is 11.5. The Bertz CT molecular complexity index is 476. The summed E-state index contributed by atoms with van der Waals surface area (Å²) in [4.78, 5) is 11.8. The number of carbonyl (C=O) groups is 1. The number of alkyl halides is 3. The number of hydrogen-bond acceptors (Lipinski definition) is 4. The minimum absolute atomic E-state index is 0. The molecule has 2 N–H and O–H groups in total. The van der Waals surface area contributed by atoms with E-state index >= 15 is 0 Å². The molecule has 1 heterocycles. The number of morpholine rings is 1. The topological polar surface area (TPSA) is 59.6 Å². The van der Waals surface area contributed by atoms with Gasteiger partial charge in [0.05, 0.1) is 13.2 Å². The molecule has 0 bridgehead atoms. The third-order valence-electron chi connectivity index (χ3n) is 2.80. The van der Waals surface area contributed by atoms with Gasteiger partial charge in [0.1, 0.15) is 5.75 Å². The maximum absolute atomic E-state index is 12.0. The normalized spacial score (nSPS) is 18.2. The molecule has 0 aromatic heterocycles. The molecule has 1 amide bonds. The molecule has 0 spiro atoms. The van der Waals surface area contributed by atoms with Gasteiger partial charge >= 0.3 is 6.36 Å². The number of halogens is 4. The molecule has 5 nitrogen and oxygen atoms in total. The molecule has 1 fully saturated rings. The van der Waals surface area contributed by atoms with Crippen LogP contribution in [-0.4, -0.2) is 38.1 Å². The lowest BCUT2D eigenvalue weighted by Crippen LogP contribution is -2.43. The number of benzene rings is 1. The summed E-state index contributed by atoms with van der Waals surface area (Å²) in [7, 11) is 0. The smallest absolute Gasteiger partial charge is 0.406 e. The quantitative estimate of drug-likeness (QED) is 0.883. The summed E-state index contributed by atoms with van der Waals surface area (Å²) in [5.74, 6) is -0.565. The lowest BCUT2D eigenvalue weighted by molar-refractivity contribution is -0.274. The molecule has 124 valence electrons. The number of amides is 1. The van der Waals surface area contributed by atoms with E-state index in [1.165, 1.54) is 12.1 Å². The second-order valence-corrected chi connectivity index (χ2v) is 4.55. The van der Waals surface area contributed by atoms with Gasteiger partial charge in [-0.15, -0.1) is 25.6 Å². The van der Waals surface area contributed by atoms with Crippen molar-refractivity contribution in [2.45, 2.75) is 18.8 Å². The highest BCUT2D eigenvalue weighted by Crippen LogP contribution is 2.24. The molecular formula is C13H16ClF3N2O3. The minimum atomic E-state index is -4.72.